The van der Waals surface area contributed by atoms with Crippen LogP contribution in [0, 0.1) is 17.1 Å². The van der Waals surface area contributed by atoms with E-state index < -0.39 is 23.8 Å². The van der Waals surface area contributed by atoms with Gasteiger partial charge in [0, 0.05) is 36.2 Å². The predicted octanol–water partition coefficient (Wildman–Crippen LogP) is 6.24. The van der Waals surface area contributed by atoms with E-state index in [1.807, 2.05) is 0 Å². The summed E-state index contributed by atoms with van der Waals surface area (Å²) in [5, 5.41) is 25.0. The van der Waals surface area contributed by atoms with Crippen molar-refractivity contribution in [3.8, 4) is 6.07 Å². The van der Waals surface area contributed by atoms with Crippen LogP contribution >= 0.6 is 11.6 Å². The lowest BCUT2D eigenvalue weighted by Gasteiger charge is -2.36. The SMILES string of the molecule is [2H][C@](Nc1cc(Cl)c2ncc(C#N)c(NC3CC(F)(F)C3)c2c1)(c1ccc(F)cc1)c1cn(C2CC2)nn1. The van der Waals surface area contributed by atoms with Crippen molar-refractivity contribution < 1.29 is 14.5 Å². The van der Waals surface area contributed by atoms with Crippen molar-refractivity contribution in [2.24, 2.45) is 0 Å². The monoisotopic (exact) mass is 524 g/mol. The van der Waals surface area contributed by atoms with E-state index in [-0.39, 0.29) is 29.5 Å². The normalized spacial score (nSPS) is 18.9. The summed E-state index contributed by atoms with van der Waals surface area (Å²) in [5.41, 5.74) is 2.01. The van der Waals surface area contributed by atoms with Gasteiger partial charge in [0.2, 0.25) is 0 Å². The third-order valence-corrected chi connectivity index (χ3v) is 6.86. The first kappa shape index (κ1) is 22.4. The number of nitrogens with one attached hydrogen (secondary N) is 2. The van der Waals surface area contributed by atoms with E-state index in [1.54, 1.807) is 23.0 Å². The van der Waals surface area contributed by atoms with Crippen LogP contribution in [0.3, 0.4) is 0 Å². The molecule has 2 aromatic carbocycles. The number of nitrogens with zero attached hydrogens (tertiary/aromatic N) is 5. The highest BCUT2D eigenvalue weighted by molar-refractivity contribution is 6.35. The van der Waals surface area contributed by atoms with Crippen LogP contribution in [0.15, 0.2) is 48.8 Å². The summed E-state index contributed by atoms with van der Waals surface area (Å²) >= 11 is 6.58. The van der Waals surface area contributed by atoms with Gasteiger partial charge in [0.05, 0.1) is 41.4 Å². The van der Waals surface area contributed by atoms with E-state index in [0.717, 1.165) is 12.8 Å². The number of halogens is 4. The van der Waals surface area contributed by atoms with E-state index in [2.05, 4.69) is 32.0 Å². The number of hydrogen-bond acceptors (Lipinski definition) is 6. The van der Waals surface area contributed by atoms with Crippen molar-refractivity contribution in [1.29, 1.82) is 5.26 Å². The minimum atomic E-state index is -2.74. The second kappa shape index (κ2) is 8.92. The van der Waals surface area contributed by atoms with E-state index in [1.165, 1.54) is 30.5 Å². The molecule has 0 radical (unpaired) electrons. The average molecular weight is 525 g/mol. The van der Waals surface area contributed by atoms with Crippen molar-refractivity contribution in [2.75, 3.05) is 10.6 Å². The Morgan fingerprint density at radius 3 is 2.65 bits per heavy atom. The van der Waals surface area contributed by atoms with Crippen LogP contribution in [-0.2, 0) is 0 Å². The van der Waals surface area contributed by atoms with Crippen molar-refractivity contribution in [3.05, 3.63) is 76.5 Å². The standard InChI is InChI=1S/C26H21ClF3N7/c27-21-8-17(7-20-23(15(11-31)12-32-25(20)21)34-18-9-26(29,30)10-18)33-24(14-1-3-16(28)4-2-14)22-13-37(36-35-22)19-5-6-19/h1-4,7-8,12-13,18-19,24,33H,5-6,9-10H2,(H,32,34)/t24-/m0/s1/i24D. The molecule has 2 aliphatic carbocycles. The van der Waals surface area contributed by atoms with Gasteiger partial charge >= 0.3 is 0 Å². The maximum atomic E-state index is 13.7. The molecule has 0 spiro atoms. The Balaban J connectivity index is 1.44. The zero-order valence-corrected chi connectivity index (χ0v) is 20.1. The second-order valence-corrected chi connectivity index (χ2v) is 9.85. The van der Waals surface area contributed by atoms with E-state index in [0.29, 0.717) is 33.5 Å². The molecule has 0 amide bonds. The molecular formula is C26H21ClF3N7. The fourth-order valence-corrected chi connectivity index (χ4v) is 4.76. The zero-order chi connectivity index (χ0) is 26.7. The third-order valence-electron chi connectivity index (χ3n) is 6.57. The minimum Gasteiger partial charge on any atom is -0.380 e. The van der Waals surface area contributed by atoms with Crippen LogP contribution in [0.25, 0.3) is 10.9 Å². The number of pyridine rings is 1. The van der Waals surface area contributed by atoms with E-state index in [4.69, 9.17) is 11.6 Å². The van der Waals surface area contributed by atoms with Gasteiger partial charge < -0.3 is 10.6 Å². The number of hydrogen-bond donors (Lipinski definition) is 2. The number of rotatable bonds is 7. The van der Waals surface area contributed by atoms with Gasteiger partial charge in [-0.2, -0.15) is 5.26 Å². The number of nitriles is 1. The Kier molecular flexibility index (Phi) is 5.39. The van der Waals surface area contributed by atoms with Crippen molar-refractivity contribution in [1.82, 2.24) is 20.0 Å². The van der Waals surface area contributed by atoms with Crippen LogP contribution in [0.4, 0.5) is 24.5 Å². The molecule has 2 aromatic heterocycles. The molecule has 0 unspecified atom stereocenters. The van der Waals surface area contributed by atoms with Crippen LogP contribution in [-0.4, -0.2) is 31.9 Å². The molecule has 2 aliphatic rings. The van der Waals surface area contributed by atoms with Gasteiger partial charge in [0.1, 0.15) is 17.6 Å². The van der Waals surface area contributed by atoms with Gasteiger partial charge in [-0.05, 0) is 42.7 Å². The molecule has 2 fully saturated rings. The molecule has 7 nitrogen and oxygen atoms in total. The molecule has 0 saturated heterocycles. The molecule has 37 heavy (non-hydrogen) atoms. The van der Waals surface area contributed by atoms with Crippen molar-refractivity contribution >= 4 is 33.9 Å². The quantitative estimate of drug-likeness (QED) is 0.297. The molecule has 188 valence electrons. The number of fused-ring (bicyclic) bond motifs is 1. The minimum absolute atomic E-state index is 0.184. The molecule has 0 aliphatic heterocycles. The van der Waals surface area contributed by atoms with Crippen molar-refractivity contribution in [2.45, 2.75) is 49.7 Å². The van der Waals surface area contributed by atoms with Gasteiger partial charge in [-0.15, -0.1) is 5.10 Å². The highest BCUT2D eigenvalue weighted by Crippen LogP contribution is 2.42. The van der Waals surface area contributed by atoms with Gasteiger partial charge in [0.15, 0.2) is 0 Å². The van der Waals surface area contributed by atoms with Gasteiger partial charge in [-0.1, -0.05) is 28.9 Å². The lowest BCUT2D eigenvalue weighted by atomic mass is 9.87. The predicted molar refractivity (Wildman–Crippen MR) is 133 cm³/mol. The van der Waals surface area contributed by atoms with E-state index >= 15 is 0 Å². The molecule has 4 aromatic rings. The average Bonchev–Trinajstić information content (AvgIpc) is 3.59. The lowest BCUT2D eigenvalue weighted by molar-refractivity contribution is -0.0793. The topological polar surface area (TPSA) is 91.5 Å². The summed E-state index contributed by atoms with van der Waals surface area (Å²) in [4.78, 5) is 4.30. The summed E-state index contributed by atoms with van der Waals surface area (Å²) in [7, 11) is 0. The first-order valence-corrected chi connectivity index (χ1v) is 12.2. The van der Waals surface area contributed by atoms with Gasteiger partial charge in [-0.25, -0.2) is 17.9 Å². The maximum Gasteiger partial charge on any atom is 0.252 e. The Bertz CT molecular complexity index is 1570. The zero-order valence-electron chi connectivity index (χ0n) is 20.3. The second-order valence-electron chi connectivity index (χ2n) is 9.44. The van der Waals surface area contributed by atoms with Crippen LogP contribution < -0.4 is 10.6 Å². The van der Waals surface area contributed by atoms with Gasteiger partial charge in [-0.3, -0.25) is 4.98 Å². The Morgan fingerprint density at radius 2 is 1.97 bits per heavy atom. The molecule has 0 bridgehead atoms. The first-order valence-electron chi connectivity index (χ1n) is 12.3. The molecule has 1 atom stereocenters. The summed E-state index contributed by atoms with van der Waals surface area (Å²) in [6.45, 7) is 0. The van der Waals surface area contributed by atoms with Crippen molar-refractivity contribution in [3.63, 3.8) is 0 Å². The molecule has 2 saturated carbocycles. The molecule has 2 heterocycles. The fraction of sp³-hybridized carbons (Fsp3) is 0.308. The highest BCUT2D eigenvalue weighted by atomic mass is 35.5. The number of aromatic nitrogens is 4. The highest BCUT2D eigenvalue weighted by Gasteiger charge is 2.45. The Hall–Kier alpha value is -3.84. The Morgan fingerprint density at radius 1 is 1.22 bits per heavy atom. The Labute approximate surface area is 216 Å². The summed E-state index contributed by atoms with van der Waals surface area (Å²) < 4.78 is 51.9. The third kappa shape index (κ3) is 4.67. The first-order chi connectivity index (χ1) is 18.1. The molecule has 6 rings (SSSR count). The lowest BCUT2D eigenvalue weighted by Crippen LogP contribution is -2.44. The number of benzene rings is 2. The summed E-state index contributed by atoms with van der Waals surface area (Å²) in [6.07, 6.45) is 4.32. The summed E-state index contributed by atoms with van der Waals surface area (Å²) in [5.74, 6) is -3.19. The van der Waals surface area contributed by atoms with Crippen LogP contribution in [0.1, 0.15) is 55.9 Å². The molecular weight excluding hydrogens is 503 g/mol. The van der Waals surface area contributed by atoms with Gasteiger partial charge in [0.25, 0.3) is 5.92 Å². The number of anilines is 2. The van der Waals surface area contributed by atoms with Crippen LogP contribution in [0.5, 0.6) is 0 Å². The smallest absolute Gasteiger partial charge is 0.252 e. The van der Waals surface area contributed by atoms with E-state index in [9.17, 15) is 19.8 Å². The molecule has 11 heteroatoms. The fourth-order valence-electron chi connectivity index (χ4n) is 4.49. The maximum absolute atomic E-state index is 13.7. The van der Waals surface area contributed by atoms with Crippen LogP contribution in [0.2, 0.25) is 5.02 Å². The summed E-state index contributed by atoms with van der Waals surface area (Å²) in [6, 6.07) is 8.87. The largest absolute Gasteiger partial charge is 0.380 e. The molecule has 2 N–H and O–H groups in total. The number of alkyl halides is 2.